The Morgan fingerprint density at radius 2 is 1.47 bits per heavy atom. The second kappa shape index (κ2) is 8.00. The zero-order valence-electron chi connectivity index (χ0n) is 16.1. The summed E-state index contributed by atoms with van der Waals surface area (Å²) in [5.41, 5.74) is 0.866. The van der Waals surface area contributed by atoms with E-state index in [0.717, 1.165) is 17.7 Å². The second-order valence-corrected chi connectivity index (χ2v) is 9.02. The molecule has 2 heterocycles. The molecule has 0 saturated carbocycles. The summed E-state index contributed by atoms with van der Waals surface area (Å²) in [5.74, 6) is -1.48. The lowest BCUT2D eigenvalue weighted by Gasteiger charge is -2.16. The summed E-state index contributed by atoms with van der Waals surface area (Å²) in [4.78, 5) is 38.0. The van der Waals surface area contributed by atoms with E-state index in [1.165, 1.54) is 28.6 Å². The predicted octanol–water partition coefficient (Wildman–Crippen LogP) is 1.92. The van der Waals surface area contributed by atoms with E-state index in [2.05, 4.69) is 0 Å². The van der Waals surface area contributed by atoms with Gasteiger partial charge in [-0.3, -0.25) is 14.5 Å². The van der Waals surface area contributed by atoms with Crippen LogP contribution in [-0.4, -0.2) is 61.6 Å². The number of nitrogens with zero attached hydrogens (tertiary/aromatic N) is 2. The molecule has 2 aliphatic heterocycles. The number of hydrogen-bond donors (Lipinski definition) is 0. The van der Waals surface area contributed by atoms with Crippen LogP contribution in [0.2, 0.25) is 0 Å². The molecule has 156 valence electrons. The summed E-state index contributed by atoms with van der Waals surface area (Å²) in [6, 6.07) is 12.1. The van der Waals surface area contributed by atoms with Crippen molar-refractivity contribution in [2.24, 2.45) is 0 Å². The van der Waals surface area contributed by atoms with Crippen molar-refractivity contribution in [3.8, 4) is 0 Å². The molecule has 2 aromatic rings. The van der Waals surface area contributed by atoms with E-state index in [9.17, 15) is 22.8 Å². The van der Waals surface area contributed by atoms with Gasteiger partial charge in [0.05, 0.1) is 28.1 Å². The number of fused-ring (bicyclic) bond motifs is 1. The Balaban J connectivity index is 1.35. The molecule has 0 aliphatic carbocycles. The van der Waals surface area contributed by atoms with Crippen LogP contribution in [-0.2, 0) is 14.8 Å². The van der Waals surface area contributed by atoms with Crippen molar-refractivity contribution in [1.29, 1.82) is 0 Å². The number of carbonyl (C=O) groups is 3. The number of hydrogen-bond acceptors (Lipinski definition) is 6. The highest BCUT2D eigenvalue weighted by Crippen LogP contribution is 2.23. The maximum Gasteiger partial charge on any atom is 0.338 e. The molecule has 9 heteroatoms. The van der Waals surface area contributed by atoms with Crippen LogP contribution in [0.3, 0.4) is 0 Å². The number of sulfonamides is 1. The molecule has 1 fully saturated rings. The van der Waals surface area contributed by atoms with Crippen LogP contribution in [0.5, 0.6) is 0 Å². The normalized spacial score (nSPS) is 16.7. The standard InChI is InChI=1S/C21H20N2O6S/c24-19-17-5-1-2-6-18(17)20(25)23(19)13-14-29-21(26)15-7-9-16(10-8-15)30(27,28)22-11-3-4-12-22/h1-2,5-10H,3-4,11-14H2. The zero-order chi connectivity index (χ0) is 21.3. The van der Waals surface area contributed by atoms with Gasteiger partial charge < -0.3 is 4.74 Å². The molecule has 0 aromatic heterocycles. The van der Waals surface area contributed by atoms with Crippen LogP contribution >= 0.6 is 0 Å². The van der Waals surface area contributed by atoms with Gasteiger partial charge in [-0.25, -0.2) is 13.2 Å². The van der Waals surface area contributed by atoms with Crippen LogP contribution in [0.4, 0.5) is 0 Å². The SMILES string of the molecule is O=C(OCCN1C(=O)c2ccccc2C1=O)c1ccc(S(=O)(=O)N2CCCC2)cc1. The average Bonchev–Trinajstić information content (AvgIpc) is 3.38. The Morgan fingerprint density at radius 3 is 2.03 bits per heavy atom. The van der Waals surface area contributed by atoms with Gasteiger partial charge in [-0.1, -0.05) is 12.1 Å². The number of ether oxygens (including phenoxy) is 1. The molecule has 0 bridgehead atoms. The van der Waals surface area contributed by atoms with Crippen molar-refractivity contribution in [3.05, 3.63) is 65.2 Å². The fourth-order valence-electron chi connectivity index (χ4n) is 3.60. The molecule has 8 nitrogen and oxygen atoms in total. The van der Waals surface area contributed by atoms with E-state index >= 15 is 0 Å². The van der Waals surface area contributed by atoms with E-state index in [1.54, 1.807) is 24.3 Å². The molecule has 2 aliphatic rings. The molecule has 1 saturated heterocycles. The second-order valence-electron chi connectivity index (χ2n) is 7.08. The number of amides is 2. The minimum atomic E-state index is -3.55. The lowest BCUT2D eigenvalue weighted by atomic mass is 10.1. The Labute approximate surface area is 174 Å². The molecule has 4 rings (SSSR count). The van der Waals surface area contributed by atoms with Gasteiger partial charge >= 0.3 is 5.97 Å². The lowest BCUT2D eigenvalue weighted by molar-refractivity contribution is 0.0420. The van der Waals surface area contributed by atoms with Gasteiger partial charge in [0.2, 0.25) is 10.0 Å². The van der Waals surface area contributed by atoms with E-state index in [0.29, 0.717) is 24.2 Å². The molecule has 2 amide bonds. The lowest BCUT2D eigenvalue weighted by Crippen LogP contribution is -2.33. The highest BCUT2D eigenvalue weighted by molar-refractivity contribution is 7.89. The minimum Gasteiger partial charge on any atom is -0.460 e. The third-order valence-electron chi connectivity index (χ3n) is 5.22. The number of carbonyl (C=O) groups excluding carboxylic acids is 3. The Morgan fingerprint density at radius 1 is 0.900 bits per heavy atom. The van der Waals surface area contributed by atoms with E-state index in [-0.39, 0.29) is 23.6 Å². The van der Waals surface area contributed by atoms with Gasteiger partial charge in [0.15, 0.2) is 0 Å². The predicted molar refractivity (Wildman–Crippen MR) is 107 cm³/mol. The topological polar surface area (TPSA) is 101 Å². The van der Waals surface area contributed by atoms with Crippen LogP contribution in [0, 0.1) is 0 Å². The molecule has 0 spiro atoms. The van der Waals surface area contributed by atoms with Gasteiger partial charge in [0, 0.05) is 13.1 Å². The van der Waals surface area contributed by atoms with Crippen molar-refractivity contribution in [3.63, 3.8) is 0 Å². The highest BCUT2D eigenvalue weighted by Gasteiger charge is 2.35. The van der Waals surface area contributed by atoms with Crippen LogP contribution in [0.1, 0.15) is 43.9 Å². The number of esters is 1. The van der Waals surface area contributed by atoms with E-state index in [1.807, 2.05) is 0 Å². The van der Waals surface area contributed by atoms with Crippen molar-refractivity contribution in [2.45, 2.75) is 17.7 Å². The monoisotopic (exact) mass is 428 g/mol. The van der Waals surface area contributed by atoms with Crippen molar-refractivity contribution in [2.75, 3.05) is 26.2 Å². The van der Waals surface area contributed by atoms with Gasteiger partial charge in [0.1, 0.15) is 6.61 Å². The van der Waals surface area contributed by atoms with Crippen LogP contribution in [0.15, 0.2) is 53.4 Å². The molecule has 0 radical (unpaired) electrons. The summed E-state index contributed by atoms with van der Waals surface area (Å²) in [7, 11) is -3.55. The summed E-state index contributed by atoms with van der Waals surface area (Å²) >= 11 is 0. The molecular formula is C21H20N2O6S. The summed E-state index contributed by atoms with van der Waals surface area (Å²) in [5, 5.41) is 0. The summed E-state index contributed by atoms with van der Waals surface area (Å²) in [6.07, 6.45) is 1.69. The Kier molecular flexibility index (Phi) is 5.40. The Hall–Kier alpha value is -3.04. The van der Waals surface area contributed by atoms with Crippen molar-refractivity contribution in [1.82, 2.24) is 9.21 Å². The third kappa shape index (κ3) is 3.61. The first kappa shape index (κ1) is 20.2. The number of imide groups is 1. The fraction of sp³-hybridized carbons (Fsp3) is 0.286. The largest absolute Gasteiger partial charge is 0.460 e. The first-order valence-corrected chi connectivity index (χ1v) is 11.1. The van der Waals surface area contributed by atoms with E-state index in [4.69, 9.17) is 4.74 Å². The molecule has 0 atom stereocenters. The maximum atomic E-state index is 12.5. The molecular weight excluding hydrogens is 408 g/mol. The highest BCUT2D eigenvalue weighted by atomic mass is 32.2. The zero-order valence-corrected chi connectivity index (χ0v) is 16.9. The fourth-order valence-corrected chi connectivity index (χ4v) is 5.11. The van der Waals surface area contributed by atoms with Gasteiger partial charge in [0.25, 0.3) is 11.8 Å². The van der Waals surface area contributed by atoms with Crippen LogP contribution < -0.4 is 0 Å². The molecule has 2 aromatic carbocycles. The first-order valence-electron chi connectivity index (χ1n) is 9.62. The Bertz CT molecular complexity index is 1070. The minimum absolute atomic E-state index is 0.0560. The number of rotatable bonds is 6. The molecule has 0 unspecified atom stereocenters. The van der Waals surface area contributed by atoms with Crippen LogP contribution in [0.25, 0.3) is 0 Å². The number of benzene rings is 2. The summed E-state index contributed by atoms with van der Waals surface area (Å²) < 4.78 is 31.7. The summed E-state index contributed by atoms with van der Waals surface area (Å²) in [6.45, 7) is 0.797. The van der Waals surface area contributed by atoms with Gasteiger partial charge in [-0.05, 0) is 49.2 Å². The smallest absolute Gasteiger partial charge is 0.338 e. The third-order valence-corrected chi connectivity index (χ3v) is 7.13. The van der Waals surface area contributed by atoms with E-state index < -0.39 is 27.8 Å². The maximum absolute atomic E-state index is 12.5. The van der Waals surface area contributed by atoms with Crippen molar-refractivity contribution < 1.29 is 27.5 Å². The molecule has 30 heavy (non-hydrogen) atoms. The van der Waals surface area contributed by atoms with Crippen molar-refractivity contribution >= 4 is 27.8 Å². The van der Waals surface area contributed by atoms with Gasteiger partial charge in [-0.15, -0.1) is 0 Å². The average molecular weight is 428 g/mol. The molecule has 0 N–H and O–H groups in total. The quantitative estimate of drug-likeness (QED) is 0.515. The first-order chi connectivity index (χ1) is 14.4. The van der Waals surface area contributed by atoms with Gasteiger partial charge in [-0.2, -0.15) is 4.31 Å².